The van der Waals surface area contributed by atoms with Crippen molar-refractivity contribution in [1.29, 1.82) is 10.8 Å². The molecule has 0 amide bonds. The van der Waals surface area contributed by atoms with E-state index in [1.807, 2.05) is 0 Å². The zero-order valence-corrected chi connectivity index (χ0v) is 18.2. The Morgan fingerprint density at radius 1 is 0.821 bits per heavy atom. The summed E-state index contributed by atoms with van der Waals surface area (Å²) in [5.74, 6) is 0.125. The van der Waals surface area contributed by atoms with E-state index in [0.717, 1.165) is 7.11 Å². The molecule has 0 aliphatic carbocycles. The first kappa shape index (κ1) is 50.3. The number of hydrogen-bond donors (Lipinski definition) is 7. The number of nitrogens with zero attached hydrogens (tertiary/aromatic N) is 2. The van der Waals surface area contributed by atoms with E-state index in [2.05, 4.69) is 20.6 Å². The van der Waals surface area contributed by atoms with Gasteiger partial charge in [0.05, 0.1) is 26.3 Å². The normalized spacial score (nSPS) is 8.57. The zero-order chi connectivity index (χ0) is 17.4. The van der Waals surface area contributed by atoms with E-state index in [4.69, 9.17) is 36.9 Å². The van der Waals surface area contributed by atoms with Crippen LogP contribution >= 0.6 is 0 Å². The van der Waals surface area contributed by atoms with Gasteiger partial charge in [0.2, 0.25) is 0 Å². The van der Waals surface area contributed by atoms with Gasteiger partial charge in [-0.15, -0.1) is 0 Å². The van der Waals surface area contributed by atoms with Gasteiger partial charge in [-0.2, -0.15) is 0 Å². The molecule has 177 valence electrons. The molecule has 0 saturated heterocycles. The van der Waals surface area contributed by atoms with Gasteiger partial charge in [-0.1, -0.05) is 0 Å². The number of aliphatic hydroxyl groups excluding tert-OH is 1. The summed E-state index contributed by atoms with van der Waals surface area (Å²) in [5, 5.41) is 26.5. The molecule has 0 fully saturated rings. The first-order valence-corrected chi connectivity index (χ1v) is 6.50. The quantitative estimate of drug-likeness (QED) is 0.0816. The summed E-state index contributed by atoms with van der Waals surface area (Å²) in [7, 11) is 1.00. The van der Waals surface area contributed by atoms with Crippen LogP contribution in [-0.2, 0) is 26.5 Å². The maximum absolute atomic E-state index is 7.29. The molecule has 0 aromatic rings. The molecular weight excluding hydrogens is 475 g/mol. The number of nitrogens with two attached hydrogens (primary N) is 2. The van der Waals surface area contributed by atoms with Gasteiger partial charge < -0.3 is 67.3 Å². The Bertz CT molecular complexity index is 371. The van der Waals surface area contributed by atoms with Gasteiger partial charge in [0.1, 0.15) is 0 Å². The molecular formula is C11H32Cl2CuN8O6. The van der Waals surface area contributed by atoms with Crippen molar-refractivity contribution < 1.29 is 72.9 Å². The van der Waals surface area contributed by atoms with Crippen molar-refractivity contribution in [3.05, 3.63) is 0 Å². The van der Waals surface area contributed by atoms with Crippen LogP contribution in [0.2, 0.25) is 0 Å². The van der Waals surface area contributed by atoms with Crippen LogP contribution in [0.3, 0.4) is 0 Å². The number of rotatable bonds is 5. The Kier molecular flexibility index (Phi) is 65.3. The summed E-state index contributed by atoms with van der Waals surface area (Å²) in [6.45, 7) is 4.82. The number of amidine groups is 2. The van der Waals surface area contributed by atoms with Gasteiger partial charge in [0, 0.05) is 7.11 Å². The number of hydrogen-bond acceptors (Lipinski definition) is 7. The summed E-state index contributed by atoms with van der Waals surface area (Å²) in [6, 6.07) is -0.327. The van der Waals surface area contributed by atoms with Crippen LogP contribution < -0.4 is 46.9 Å². The molecule has 0 aromatic carbocycles. The number of aliphatic hydroxyl groups is 1. The molecule has 1 radical (unpaired) electrons. The van der Waals surface area contributed by atoms with E-state index in [-0.39, 0.29) is 95.4 Å². The summed E-state index contributed by atoms with van der Waals surface area (Å²) in [4.78, 5) is 7.84. The van der Waals surface area contributed by atoms with Crippen LogP contribution in [0.5, 0.6) is 0 Å². The number of guanidine groups is 2. The van der Waals surface area contributed by atoms with Gasteiger partial charge in [-0.25, -0.2) is 0 Å². The molecule has 0 saturated carbocycles. The second-order valence-corrected chi connectivity index (χ2v) is 3.31. The molecule has 0 aliphatic rings. The molecule has 0 rings (SSSR count). The molecule has 14 nitrogen and oxygen atoms in total. The minimum absolute atomic E-state index is 0. The maximum Gasteiger partial charge on any atom is 2.00 e. The summed E-state index contributed by atoms with van der Waals surface area (Å²) < 4.78 is 9.68. The van der Waals surface area contributed by atoms with E-state index in [1.165, 1.54) is 0 Å². The number of ether oxygens (including phenoxy) is 2. The fourth-order valence-corrected chi connectivity index (χ4v) is 1.01. The second kappa shape index (κ2) is 36.4. The third-order valence-electron chi connectivity index (χ3n) is 1.72. The Morgan fingerprint density at radius 2 is 1.07 bits per heavy atom. The standard InChI is InChI=1S/C10H22N8O2.CH4O.2ClH.Cu.3H2O/c1-3-19-9(13)17-7(11)15-5-6-16-8(12)18-10(14)20-4-2;1-2;;;;;;/h3-6H2,1-2H3,(H4,11,13,15,17)(H4,12,14,16,18);2H,1H3;2*1H;;3*1H2/q;;;;+2;;;/p-2. The Labute approximate surface area is 187 Å². The minimum Gasteiger partial charge on any atom is -1.00 e. The number of halogens is 2. The average Bonchev–Trinajstić information content (AvgIpc) is 2.46. The molecule has 15 N–H and O–H groups in total. The zero-order valence-electron chi connectivity index (χ0n) is 15.7. The van der Waals surface area contributed by atoms with Crippen LogP contribution in [-0.4, -0.2) is 78.9 Å². The van der Waals surface area contributed by atoms with Crippen molar-refractivity contribution in [3.8, 4) is 0 Å². The van der Waals surface area contributed by atoms with E-state index < -0.39 is 0 Å². The fraction of sp³-hybridized carbons (Fsp3) is 0.636. The van der Waals surface area contributed by atoms with Gasteiger partial charge in [-0.05, 0) is 13.8 Å². The van der Waals surface area contributed by atoms with Crippen molar-refractivity contribution >= 4 is 24.0 Å². The minimum atomic E-state index is -0.163. The van der Waals surface area contributed by atoms with Crippen LogP contribution in [0, 0.1) is 10.8 Å². The largest absolute Gasteiger partial charge is 2.00 e. The van der Waals surface area contributed by atoms with Crippen LogP contribution in [0.25, 0.3) is 0 Å². The van der Waals surface area contributed by atoms with Crippen LogP contribution in [0.15, 0.2) is 9.98 Å². The molecule has 0 bridgehead atoms. The van der Waals surface area contributed by atoms with Gasteiger partial charge in [0.15, 0.2) is 11.9 Å². The Balaban J connectivity index is -0.0000000804. The van der Waals surface area contributed by atoms with Gasteiger partial charge in [0.25, 0.3) is 12.0 Å². The van der Waals surface area contributed by atoms with Crippen molar-refractivity contribution in [2.75, 3.05) is 33.4 Å². The van der Waals surface area contributed by atoms with Crippen molar-refractivity contribution in [1.82, 2.24) is 10.6 Å². The van der Waals surface area contributed by atoms with Gasteiger partial charge >= 0.3 is 17.1 Å². The smallest absolute Gasteiger partial charge is 1.00 e. The molecule has 0 aliphatic heterocycles. The molecule has 0 heterocycles. The average molecular weight is 507 g/mol. The van der Waals surface area contributed by atoms with Crippen LogP contribution in [0.4, 0.5) is 0 Å². The predicted molar refractivity (Wildman–Crippen MR) is 96.9 cm³/mol. The van der Waals surface area contributed by atoms with Crippen molar-refractivity contribution in [2.24, 2.45) is 21.5 Å². The molecule has 17 heteroatoms. The summed E-state index contributed by atoms with van der Waals surface area (Å²) >= 11 is 0. The first-order chi connectivity index (χ1) is 10.5. The third-order valence-corrected chi connectivity index (χ3v) is 1.72. The fourth-order valence-electron chi connectivity index (χ4n) is 1.01. The number of aliphatic imine (C=N–C) groups is 2. The molecule has 0 atom stereocenters. The van der Waals surface area contributed by atoms with E-state index >= 15 is 0 Å². The summed E-state index contributed by atoms with van der Waals surface area (Å²) in [5.41, 5.74) is 11.0. The van der Waals surface area contributed by atoms with Crippen molar-refractivity contribution in [2.45, 2.75) is 13.8 Å². The predicted octanol–water partition coefficient (Wildman–Crippen LogP) is -10.1. The van der Waals surface area contributed by atoms with E-state index in [1.54, 1.807) is 13.8 Å². The van der Waals surface area contributed by atoms with E-state index in [0.29, 0.717) is 13.2 Å². The monoisotopic (exact) mass is 505 g/mol. The topological polar surface area (TPSA) is 282 Å². The molecule has 0 spiro atoms. The van der Waals surface area contributed by atoms with Gasteiger partial charge in [-0.3, -0.25) is 31.4 Å². The molecule has 28 heavy (non-hydrogen) atoms. The molecule has 0 aromatic heterocycles. The maximum atomic E-state index is 7.29. The molecule has 0 unspecified atom stereocenters. The Morgan fingerprint density at radius 3 is 1.29 bits per heavy atom. The Hall–Kier alpha value is -1.58. The third kappa shape index (κ3) is 35.5. The number of nitrogens with one attached hydrogen (secondary N) is 4. The van der Waals surface area contributed by atoms with Crippen molar-refractivity contribution in [3.63, 3.8) is 0 Å². The second-order valence-electron chi connectivity index (χ2n) is 3.31. The van der Waals surface area contributed by atoms with E-state index in [9.17, 15) is 0 Å². The summed E-state index contributed by atoms with van der Waals surface area (Å²) in [6.07, 6.45) is 0. The van der Waals surface area contributed by atoms with Crippen LogP contribution in [0.1, 0.15) is 13.8 Å². The first-order valence-electron chi connectivity index (χ1n) is 6.50. The SMILES string of the molecule is CCOC(=N)NC(N)=NCCN=C(N)NC(=N)OCC.CO.O.O.O.[Cl-].[Cl-].[Cu+2].